The average Bonchev–Trinajstić information content (AvgIpc) is 2.84. The number of benzene rings is 1. The SMILES string of the molecule is O=C(O)C1CCN(C(=O)c2sc3ccccc3c2Cl)CC1. The van der Waals surface area contributed by atoms with Gasteiger partial charge in [-0.25, -0.2) is 0 Å². The highest BCUT2D eigenvalue weighted by atomic mass is 35.5. The molecule has 0 atom stereocenters. The Morgan fingerprint density at radius 2 is 1.90 bits per heavy atom. The van der Waals surface area contributed by atoms with E-state index in [0.29, 0.717) is 35.8 Å². The van der Waals surface area contributed by atoms with Gasteiger partial charge in [-0.3, -0.25) is 9.59 Å². The maximum absolute atomic E-state index is 12.6. The number of rotatable bonds is 2. The van der Waals surface area contributed by atoms with E-state index in [1.807, 2.05) is 24.3 Å². The van der Waals surface area contributed by atoms with Crippen LogP contribution in [0.2, 0.25) is 5.02 Å². The van der Waals surface area contributed by atoms with Crippen molar-refractivity contribution in [1.82, 2.24) is 4.90 Å². The topological polar surface area (TPSA) is 57.6 Å². The minimum atomic E-state index is -0.776. The molecule has 0 bridgehead atoms. The Kier molecular flexibility index (Phi) is 3.87. The average molecular weight is 324 g/mol. The summed E-state index contributed by atoms with van der Waals surface area (Å²) in [6.07, 6.45) is 1.01. The fourth-order valence-corrected chi connectivity index (χ4v) is 4.10. The van der Waals surface area contributed by atoms with Crippen molar-refractivity contribution in [2.24, 2.45) is 5.92 Å². The first-order valence-electron chi connectivity index (χ1n) is 6.77. The van der Waals surface area contributed by atoms with E-state index in [9.17, 15) is 9.59 Å². The van der Waals surface area contributed by atoms with Crippen LogP contribution in [0.1, 0.15) is 22.5 Å². The number of amides is 1. The quantitative estimate of drug-likeness (QED) is 0.920. The van der Waals surface area contributed by atoms with Crippen LogP contribution in [0, 0.1) is 5.92 Å². The first-order chi connectivity index (χ1) is 10.1. The molecule has 0 radical (unpaired) electrons. The summed E-state index contributed by atoms with van der Waals surface area (Å²) in [6, 6.07) is 7.66. The molecule has 1 aromatic carbocycles. The van der Waals surface area contributed by atoms with E-state index in [1.165, 1.54) is 11.3 Å². The summed E-state index contributed by atoms with van der Waals surface area (Å²) in [4.78, 5) is 25.8. The number of hydrogen-bond donors (Lipinski definition) is 1. The molecule has 0 spiro atoms. The van der Waals surface area contributed by atoms with Gasteiger partial charge in [-0.1, -0.05) is 29.8 Å². The maximum atomic E-state index is 12.6. The highest BCUT2D eigenvalue weighted by molar-refractivity contribution is 7.21. The van der Waals surface area contributed by atoms with Gasteiger partial charge < -0.3 is 10.0 Å². The number of thiophene rings is 1. The van der Waals surface area contributed by atoms with E-state index in [2.05, 4.69) is 0 Å². The number of halogens is 1. The summed E-state index contributed by atoms with van der Waals surface area (Å²) in [5.41, 5.74) is 0. The van der Waals surface area contributed by atoms with E-state index in [-0.39, 0.29) is 11.8 Å². The molecule has 0 saturated carbocycles. The van der Waals surface area contributed by atoms with Crippen LogP contribution in [-0.2, 0) is 4.79 Å². The molecular weight excluding hydrogens is 310 g/mol. The number of fused-ring (bicyclic) bond motifs is 1. The van der Waals surface area contributed by atoms with Crippen molar-refractivity contribution in [3.63, 3.8) is 0 Å². The molecule has 0 aliphatic carbocycles. The van der Waals surface area contributed by atoms with Gasteiger partial charge >= 0.3 is 5.97 Å². The molecule has 1 N–H and O–H groups in total. The van der Waals surface area contributed by atoms with Crippen molar-refractivity contribution < 1.29 is 14.7 Å². The first-order valence-corrected chi connectivity index (χ1v) is 7.96. The van der Waals surface area contributed by atoms with Gasteiger partial charge in [0.25, 0.3) is 5.91 Å². The van der Waals surface area contributed by atoms with Gasteiger partial charge in [0.1, 0.15) is 4.88 Å². The number of aliphatic carboxylic acids is 1. The maximum Gasteiger partial charge on any atom is 0.306 e. The minimum absolute atomic E-state index is 0.0926. The van der Waals surface area contributed by atoms with Crippen molar-refractivity contribution in [2.45, 2.75) is 12.8 Å². The van der Waals surface area contributed by atoms with E-state index < -0.39 is 5.97 Å². The third kappa shape index (κ3) is 2.63. The number of carboxylic acids is 1. The Morgan fingerprint density at radius 1 is 1.24 bits per heavy atom. The molecule has 4 nitrogen and oxygen atoms in total. The second-order valence-electron chi connectivity index (χ2n) is 5.15. The van der Waals surface area contributed by atoms with Crippen LogP contribution in [-0.4, -0.2) is 35.0 Å². The van der Waals surface area contributed by atoms with Gasteiger partial charge in [-0.2, -0.15) is 0 Å². The monoisotopic (exact) mass is 323 g/mol. The Hall–Kier alpha value is -1.59. The number of likely N-dealkylation sites (tertiary alicyclic amines) is 1. The van der Waals surface area contributed by atoms with Crippen LogP contribution in [0.3, 0.4) is 0 Å². The molecule has 1 aliphatic rings. The molecule has 110 valence electrons. The summed E-state index contributed by atoms with van der Waals surface area (Å²) in [5, 5.41) is 10.4. The Morgan fingerprint density at radius 3 is 2.52 bits per heavy atom. The molecule has 2 aromatic rings. The lowest BCUT2D eigenvalue weighted by Gasteiger charge is -2.29. The predicted octanol–water partition coefficient (Wildman–Crippen LogP) is 3.49. The van der Waals surface area contributed by atoms with Crippen LogP contribution in [0.25, 0.3) is 10.1 Å². The van der Waals surface area contributed by atoms with Gasteiger partial charge in [0.15, 0.2) is 0 Å². The summed E-state index contributed by atoms with van der Waals surface area (Å²) >= 11 is 7.71. The Labute approximate surface area is 130 Å². The number of hydrogen-bond acceptors (Lipinski definition) is 3. The number of carbonyl (C=O) groups excluding carboxylic acids is 1. The molecule has 3 rings (SSSR count). The highest BCUT2D eigenvalue weighted by Crippen LogP contribution is 2.36. The summed E-state index contributed by atoms with van der Waals surface area (Å²) in [6.45, 7) is 0.945. The largest absolute Gasteiger partial charge is 0.481 e. The summed E-state index contributed by atoms with van der Waals surface area (Å²) in [5.74, 6) is -1.21. The molecule has 1 aliphatic heterocycles. The van der Waals surface area contributed by atoms with Crippen LogP contribution < -0.4 is 0 Å². The third-order valence-electron chi connectivity index (χ3n) is 3.86. The lowest BCUT2D eigenvalue weighted by Crippen LogP contribution is -2.40. The number of carbonyl (C=O) groups is 2. The third-order valence-corrected chi connectivity index (χ3v) is 5.52. The van der Waals surface area contributed by atoms with Gasteiger partial charge in [-0.05, 0) is 18.9 Å². The number of piperidine rings is 1. The molecule has 1 fully saturated rings. The zero-order valence-electron chi connectivity index (χ0n) is 11.2. The normalized spacial score (nSPS) is 16.3. The molecule has 1 aromatic heterocycles. The van der Waals surface area contributed by atoms with E-state index in [4.69, 9.17) is 16.7 Å². The van der Waals surface area contributed by atoms with E-state index >= 15 is 0 Å². The molecule has 6 heteroatoms. The predicted molar refractivity (Wildman–Crippen MR) is 83.1 cm³/mol. The van der Waals surface area contributed by atoms with Crippen LogP contribution >= 0.6 is 22.9 Å². The fourth-order valence-electron chi connectivity index (χ4n) is 2.62. The zero-order valence-corrected chi connectivity index (χ0v) is 12.8. The zero-order chi connectivity index (χ0) is 15.0. The lowest BCUT2D eigenvalue weighted by molar-refractivity contribution is -0.143. The van der Waals surface area contributed by atoms with Crippen LogP contribution in [0.15, 0.2) is 24.3 Å². The van der Waals surface area contributed by atoms with Gasteiger partial charge in [-0.15, -0.1) is 11.3 Å². The minimum Gasteiger partial charge on any atom is -0.481 e. The summed E-state index contributed by atoms with van der Waals surface area (Å²) < 4.78 is 0.992. The standard InChI is InChI=1S/C15H14ClNO3S/c16-12-10-3-1-2-4-11(10)21-13(12)14(18)17-7-5-9(6-8-17)15(19)20/h1-4,9H,5-8H2,(H,19,20). The fraction of sp³-hybridized carbons (Fsp3) is 0.333. The van der Waals surface area contributed by atoms with Crippen molar-refractivity contribution in [3.8, 4) is 0 Å². The Bertz CT molecular complexity index is 704. The number of nitrogens with zero attached hydrogens (tertiary/aromatic N) is 1. The van der Waals surface area contributed by atoms with E-state index in [0.717, 1.165) is 10.1 Å². The first kappa shape index (κ1) is 14.4. The van der Waals surface area contributed by atoms with Crippen molar-refractivity contribution in [3.05, 3.63) is 34.2 Å². The highest BCUT2D eigenvalue weighted by Gasteiger charge is 2.29. The second-order valence-corrected chi connectivity index (χ2v) is 6.58. The second kappa shape index (κ2) is 5.66. The molecule has 1 saturated heterocycles. The summed E-state index contributed by atoms with van der Waals surface area (Å²) in [7, 11) is 0. The molecule has 2 heterocycles. The van der Waals surface area contributed by atoms with Crippen molar-refractivity contribution >= 4 is 44.9 Å². The smallest absolute Gasteiger partial charge is 0.306 e. The molecular formula is C15H14ClNO3S. The van der Waals surface area contributed by atoms with Gasteiger partial charge in [0.2, 0.25) is 0 Å². The lowest BCUT2D eigenvalue weighted by atomic mass is 9.97. The van der Waals surface area contributed by atoms with Crippen molar-refractivity contribution in [2.75, 3.05) is 13.1 Å². The Balaban J connectivity index is 1.82. The van der Waals surface area contributed by atoms with Gasteiger partial charge in [0, 0.05) is 23.2 Å². The van der Waals surface area contributed by atoms with Crippen molar-refractivity contribution in [1.29, 1.82) is 0 Å². The molecule has 0 unspecified atom stereocenters. The molecule has 1 amide bonds. The van der Waals surface area contributed by atoms with E-state index in [1.54, 1.807) is 4.90 Å². The molecule has 21 heavy (non-hydrogen) atoms. The van der Waals surface area contributed by atoms with Crippen LogP contribution in [0.4, 0.5) is 0 Å². The number of carboxylic acid groups (broad SMARTS) is 1. The van der Waals surface area contributed by atoms with Crippen LogP contribution in [0.5, 0.6) is 0 Å². The van der Waals surface area contributed by atoms with Gasteiger partial charge in [0.05, 0.1) is 10.9 Å².